The number of rotatable bonds is 9. The molecule has 7 aromatic rings. The van der Waals surface area contributed by atoms with Crippen molar-refractivity contribution in [2.75, 3.05) is 13.6 Å². The van der Waals surface area contributed by atoms with Crippen molar-refractivity contribution in [1.82, 2.24) is 0 Å². The molecule has 10 nitrogen and oxygen atoms in total. The minimum atomic E-state index is -1.27. The van der Waals surface area contributed by atoms with Crippen LogP contribution < -0.4 is 50.8 Å². The first kappa shape index (κ1) is 44.9. The Morgan fingerprint density at radius 1 is 0.661 bits per heavy atom. The normalized spacial score (nSPS) is 11.5. The summed E-state index contributed by atoms with van der Waals surface area (Å²) in [5, 5.41) is 34.9. The second kappa shape index (κ2) is 21.2. The largest absolute Gasteiger partial charge is 0.478 e. The van der Waals surface area contributed by atoms with Crippen LogP contribution in [0.4, 0.5) is 5.69 Å². The van der Waals surface area contributed by atoms with Gasteiger partial charge in [-0.15, -0.1) is 6.58 Å². The molecule has 2 aliphatic heterocycles. The molecule has 0 saturated carbocycles. The van der Waals surface area contributed by atoms with Crippen LogP contribution in [0.15, 0.2) is 176 Å². The molecule has 9 rings (SSSR count). The number of fused-ring (bicyclic) bond motifs is 2. The number of benzene rings is 7. The molecule has 0 amide bonds. The fourth-order valence-corrected chi connectivity index (χ4v) is 11.8. The molecule has 0 spiro atoms. The number of nitro groups is 1. The van der Waals surface area contributed by atoms with Gasteiger partial charge in [0.2, 0.25) is 13.6 Å². The number of hydrogen-bond acceptors (Lipinski definition) is 8. The molecule has 1 radical (unpaired) electrons. The third-order valence-corrected chi connectivity index (χ3v) is 14.4. The maximum atomic E-state index is 10.5. The minimum Gasteiger partial charge on any atom is -0.478 e. The Hall–Kier alpha value is -6.65. The van der Waals surface area contributed by atoms with E-state index in [9.17, 15) is 14.9 Å². The summed E-state index contributed by atoms with van der Waals surface area (Å²) in [4.78, 5) is 20.1. The zero-order chi connectivity index (χ0) is 42.7. The fraction of sp³-hybridized carbons (Fsp3) is 0.0612. The van der Waals surface area contributed by atoms with Crippen molar-refractivity contribution in [3.63, 3.8) is 0 Å². The molecule has 62 heavy (non-hydrogen) atoms. The molecular formula is C49H38IrN2O8P2. The topological polar surface area (TPSA) is 141 Å². The van der Waals surface area contributed by atoms with Crippen molar-refractivity contribution >= 4 is 59.3 Å². The molecule has 0 aliphatic carbocycles. The van der Waals surface area contributed by atoms with Gasteiger partial charge in [-0.2, -0.15) is 5.26 Å². The van der Waals surface area contributed by atoms with E-state index in [1.165, 1.54) is 31.8 Å². The van der Waals surface area contributed by atoms with Gasteiger partial charge in [-0.25, -0.2) is 4.79 Å². The number of carbonyl (C=O) groups is 1. The van der Waals surface area contributed by atoms with Gasteiger partial charge in [0.05, 0.1) is 10.5 Å². The zero-order valence-electron chi connectivity index (χ0n) is 33.2. The fourth-order valence-electron chi connectivity index (χ4n) is 6.85. The summed E-state index contributed by atoms with van der Waals surface area (Å²) in [6.07, 6.45) is 1.75. The predicted octanol–water partition coefficient (Wildman–Crippen LogP) is 8.68. The third-order valence-electron chi connectivity index (χ3n) is 9.39. The van der Waals surface area contributed by atoms with E-state index in [1.54, 1.807) is 12.1 Å². The molecule has 0 atom stereocenters. The number of ether oxygens (including phenoxy) is 4. The Morgan fingerprint density at radius 3 is 1.35 bits per heavy atom. The summed E-state index contributed by atoms with van der Waals surface area (Å²) >= 11 is 0. The molecule has 0 bridgehead atoms. The number of allylic oxidation sites excluding steroid dienone is 1. The Kier molecular flexibility index (Phi) is 15.4. The minimum absolute atomic E-state index is 0. The molecule has 311 valence electrons. The molecule has 13 heteroatoms. The molecule has 0 fully saturated rings. The summed E-state index contributed by atoms with van der Waals surface area (Å²) in [5.74, 6) is 1.72. The van der Waals surface area contributed by atoms with E-state index in [4.69, 9.17) is 29.3 Å². The first-order chi connectivity index (χ1) is 29.8. The number of nitrogens with zero attached hydrogens (tertiary/aromatic N) is 2. The van der Waals surface area contributed by atoms with Crippen molar-refractivity contribution < 1.29 is 53.9 Å². The maximum absolute atomic E-state index is 10.5. The molecule has 2 aliphatic rings. The Bertz CT molecular complexity index is 2500. The van der Waals surface area contributed by atoms with E-state index in [2.05, 4.69) is 152 Å². The first-order valence-electron chi connectivity index (χ1n) is 19.0. The van der Waals surface area contributed by atoms with Crippen LogP contribution in [0.2, 0.25) is 0 Å². The quantitative estimate of drug-likeness (QED) is 0.0651. The van der Waals surface area contributed by atoms with E-state index in [0.29, 0.717) is 0 Å². The standard InChI is InChI=1S/C38H28O4P2.C8H4N2O4.C3H6.Ir/c1-5-13-27(14-6-1)43(28-15-7-2-8-16-28)33-23-21-31-37(41-25-39-31)35(33)36-34(24-22-32-38(36)42-26-40-32)44(29-17-9-3-10-18-29)30-19-11-4-12-20-30;9-4-6-2-1-5(8(11)12)3-7(6)10(13)14;1-3-2;/h1-24H,25-26H2;1-3H,(H,11,12);3H,1H2,2H3;. The van der Waals surface area contributed by atoms with Crippen LogP contribution in [0, 0.1) is 21.4 Å². The van der Waals surface area contributed by atoms with Crippen LogP contribution in [-0.2, 0) is 20.1 Å². The molecule has 0 saturated heterocycles. The summed E-state index contributed by atoms with van der Waals surface area (Å²) in [7, 11) is -1.94. The van der Waals surface area contributed by atoms with Crippen LogP contribution >= 0.6 is 15.8 Å². The molecular weight excluding hydrogens is 999 g/mol. The van der Waals surface area contributed by atoms with E-state index in [-0.39, 0.29) is 44.8 Å². The Labute approximate surface area is 375 Å². The van der Waals surface area contributed by atoms with E-state index < -0.39 is 32.4 Å². The van der Waals surface area contributed by atoms with Gasteiger partial charge >= 0.3 is 5.97 Å². The van der Waals surface area contributed by atoms with Crippen molar-refractivity contribution in [2.45, 2.75) is 6.92 Å². The average molecular weight is 1040 g/mol. The molecule has 0 unspecified atom stereocenters. The SMILES string of the molecule is C=CC.N#Cc1ccc(C(=O)O)cc1[N+](=O)[O-].[Ir].c1ccc(P(c2ccccc2)c2ccc3c(c2-c2c(P(c4ccccc4)c4ccccc4)ccc4c2OCO4)OCO3)cc1. The molecule has 7 aromatic carbocycles. The van der Waals surface area contributed by atoms with Gasteiger partial charge in [0, 0.05) is 37.3 Å². The van der Waals surface area contributed by atoms with Gasteiger partial charge in [-0.3, -0.25) is 10.1 Å². The van der Waals surface area contributed by atoms with Crippen LogP contribution in [0.5, 0.6) is 23.0 Å². The van der Waals surface area contributed by atoms with Crippen molar-refractivity contribution in [3.8, 4) is 40.2 Å². The third kappa shape index (κ3) is 9.77. The van der Waals surface area contributed by atoms with Gasteiger partial charge in [0.15, 0.2) is 23.0 Å². The Morgan fingerprint density at radius 2 is 1.03 bits per heavy atom. The number of hydrogen-bond donors (Lipinski definition) is 1. The molecule has 2 heterocycles. The zero-order valence-corrected chi connectivity index (χ0v) is 37.4. The number of aromatic carboxylic acids is 1. The van der Waals surface area contributed by atoms with Gasteiger partial charge in [0.1, 0.15) is 11.6 Å². The first-order valence-corrected chi connectivity index (χ1v) is 21.7. The number of nitriles is 1. The van der Waals surface area contributed by atoms with Crippen LogP contribution in [0.3, 0.4) is 0 Å². The van der Waals surface area contributed by atoms with Crippen LogP contribution in [-0.4, -0.2) is 29.6 Å². The van der Waals surface area contributed by atoms with Gasteiger partial charge in [-0.05, 0) is 91.0 Å². The van der Waals surface area contributed by atoms with Crippen molar-refractivity contribution in [3.05, 3.63) is 198 Å². The van der Waals surface area contributed by atoms with Gasteiger partial charge in [0.25, 0.3) is 5.69 Å². The van der Waals surface area contributed by atoms with E-state index in [1.807, 2.05) is 6.92 Å². The monoisotopic (exact) mass is 1040 g/mol. The van der Waals surface area contributed by atoms with Crippen molar-refractivity contribution in [1.29, 1.82) is 5.26 Å². The maximum Gasteiger partial charge on any atom is 0.335 e. The van der Waals surface area contributed by atoms with Crippen molar-refractivity contribution in [2.24, 2.45) is 0 Å². The van der Waals surface area contributed by atoms with Gasteiger partial charge in [-0.1, -0.05) is 127 Å². The summed E-state index contributed by atoms with van der Waals surface area (Å²) in [6, 6.07) is 56.3. The summed E-state index contributed by atoms with van der Waals surface area (Å²) in [5.41, 5.74) is 1.16. The van der Waals surface area contributed by atoms with Crippen LogP contribution in [0.1, 0.15) is 22.8 Å². The number of carboxylic acids is 1. The second-order valence-corrected chi connectivity index (χ2v) is 17.6. The smallest absolute Gasteiger partial charge is 0.335 e. The summed E-state index contributed by atoms with van der Waals surface area (Å²) < 4.78 is 24.7. The predicted molar refractivity (Wildman–Crippen MR) is 242 cm³/mol. The Balaban J connectivity index is 0.000000302. The number of nitro benzene ring substituents is 1. The second-order valence-electron chi connectivity index (χ2n) is 13.2. The molecule has 1 N–H and O–H groups in total. The summed E-state index contributed by atoms with van der Waals surface area (Å²) in [6.45, 7) is 5.60. The van der Waals surface area contributed by atoms with Gasteiger partial charge < -0.3 is 24.1 Å². The van der Waals surface area contributed by atoms with E-state index >= 15 is 0 Å². The van der Waals surface area contributed by atoms with E-state index in [0.717, 1.165) is 52.3 Å². The van der Waals surface area contributed by atoms with Crippen LogP contribution in [0.25, 0.3) is 11.1 Å². The average Bonchev–Trinajstić information content (AvgIpc) is 3.99. The molecule has 0 aromatic heterocycles. The number of carboxylic acid groups (broad SMARTS) is 1.